The molecule has 162 valence electrons. The van der Waals surface area contributed by atoms with Gasteiger partial charge in [-0.15, -0.1) is 0 Å². The highest BCUT2D eigenvalue weighted by Crippen LogP contribution is 2.27. The van der Waals surface area contributed by atoms with Crippen molar-refractivity contribution >= 4 is 15.9 Å². The fraction of sp³-hybridized carbons (Fsp3) is 0.409. The summed E-state index contributed by atoms with van der Waals surface area (Å²) in [6, 6.07) is 9.04. The van der Waals surface area contributed by atoms with Gasteiger partial charge in [0.25, 0.3) is 5.91 Å². The molecule has 0 aromatic heterocycles. The molecule has 1 fully saturated rings. The van der Waals surface area contributed by atoms with Crippen molar-refractivity contribution in [1.82, 2.24) is 9.21 Å². The summed E-state index contributed by atoms with van der Waals surface area (Å²) in [5, 5.41) is 0. The first-order chi connectivity index (χ1) is 14.2. The van der Waals surface area contributed by atoms with Crippen molar-refractivity contribution in [3.8, 4) is 0 Å². The van der Waals surface area contributed by atoms with Gasteiger partial charge in [-0.2, -0.15) is 4.31 Å². The molecule has 8 heteroatoms. The van der Waals surface area contributed by atoms with Crippen LogP contribution in [0.5, 0.6) is 0 Å². The first kappa shape index (κ1) is 22.4. The minimum absolute atomic E-state index is 0.0350. The molecule has 0 heterocycles. The average Bonchev–Trinajstić information content (AvgIpc) is 2.75. The van der Waals surface area contributed by atoms with Crippen LogP contribution < -0.4 is 0 Å². The molecule has 2 aromatic rings. The number of benzene rings is 2. The smallest absolute Gasteiger partial charge is 0.253 e. The molecule has 3 rings (SSSR count). The second-order valence-electron chi connectivity index (χ2n) is 7.74. The van der Waals surface area contributed by atoms with Crippen LogP contribution in [0.3, 0.4) is 0 Å². The second kappa shape index (κ2) is 9.22. The fourth-order valence-electron chi connectivity index (χ4n) is 3.79. The van der Waals surface area contributed by atoms with Crippen LogP contribution in [-0.2, 0) is 16.6 Å². The van der Waals surface area contributed by atoms with E-state index in [0.29, 0.717) is 0 Å². The van der Waals surface area contributed by atoms with Gasteiger partial charge < -0.3 is 4.90 Å². The molecular weight excluding hydrogens is 410 g/mol. The number of carbonyl (C=O) groups excluding carboxylic acids is 1. The van der Waals surface area contributed by atoms with Gasteiger partial charge >= 0.3 is 0 Å². The molecule has 1 aliphatic carbocycles. The van der Waals surface area contributed by atoms with Gasteiger partial charge in [0, 0.05) is 43.9 Å². The predicted molar refractivity (Wildman–Crippen MR) is 110 cm³/mol. The van der Waals surface area contributed by atoms with Crippen LogP contribution in [0.2, 0.25) is 0 Å². The molecule has 0 spiro atoms. The van der Waals surface area contributed by atoms with Gasteiger partial charge in [-0.05, 0) is 37.1 Å². The number of sulfonamides is 1. The maximum atomic E-state index is 13.9. The third kappa shape index (κ3) is 4.87. The first-order valence-electron chi connectivity index (χ1n) is 9.97. The van der Waals surface area contributed by atoms with Crippen molar-refractivity contribution in [1.29, 1.82) is 0 Å². The van der Waals surface area contributed by atoms with E-state index in [1.807, 2.05) is 0 Å². The van der Waals surface area contributed by atoms with Gasteiger partial charge in [0.1, 0.15) is 11.6 Å². The quantitative estimate of drug-likeness (QED) is 0.682. The Hall–Kier alpha value is -2.32. The normalized spacial score (nSPS) is 15.4. The lowest BCUT2D eigenvalue weighted by molar-refractivity contribution is 0.0783. The van der Waals surface area contributed by atoms with Crippen LogP contribution in [0, 0.1) is 11.6 Å². The third-order valence-corrected chi connectivity index (χ3v) is 7.52. The first-order valence-corrected chi connectivity index (χ1v) is 11.4. The summed E-state index contributed by atoms with van der Waals surface area (Å²) in [5.74, 6) is -1.87. The van der Waals surface area contributed by atoms with Gasteiger partial charge in [0.2, 0.25) is 10.0 Å². The van der Waals surface area contributed by atoms with E-state index in [-0.39, 0.29) is 28.6 Å². The number of rotatable bonds is 6. The standard InChI is InChI=1S/C22H26F2N2O3S/c1-25(15-17-11-12-18(23)14-21(17)24)22(27)16-7-6-10-20(13-16)30(28,29)26(2)19-8-4-3-5-9-19/h6-7,10-14,19H,3-5,8-9,15H2,1-2H3. The number of amides is 1. The molecule has 30 heavy (non-hydrogen) atoms. The van der Waals surface area contributed by atoms with Gasteiger partial charge in [-0.3, -0.25) is 4.79 Å². The van der Waals surface area contributed by atoms with Crippen molar-refractivity contribution in [3.05, 3.63) is 65.2 Å². The molecule has 0 radical (unpaired) electrons. The number of carbonyl (C=O) groups is 1. The zero-order chi connectivity index (χ0) is 21.9. The Morgan fingerprint density at radius 2 is 1.73 bits per heavy atom. The number of hydrogen-bond donors (Lipinski definition) is 0. The van der Waals surface area contributed by atoms with Crippen LogP contribution in [0.1, 0.15) is 48.0 Å². The molecule has 0 unspecified atom stereocenters. The molecule has 0 N–H and O–H groups in total. The summed E-state index contributed by atoms with van der Waals surface area (Å²) in [4.78, 5) is 14.1. The summed E-state index contributed by atoms with van der Waals surface area (Å²) in [6.07, 6.45) is 4.80. The fourth-order valence-corrected chi connectivity index (χ4v) is 5.26. The maximum Gasteiger partial charge on any atom is 0.253 e. The topological polar surface area (TPSA) is 57.7 Å². The summed E-state index contributed by atoms with van der Waals surface area (Å²) >= 11 is 0. The van der Waals surface area contributed by atoms with Crippen LogP contribution in [0.15, 0.2) is 47.4 Å². The molecule has 1 saturated carbocycles. The van der Waals surface area contributed by atoms with Crippen molar-refractivity contribution in [3.63, 3.8) is 0 Å². The minimum Gasteiger partial charge on any atom is -0.337 e. The minimum atomic E-state index is -3.73. The highest BCUT2D eigenvalue weighted by atomic mass is 32.2. The monoisotopic (exact) mass is 436 g/mol. The van der Waals surface area contributed by atoms with Crippen LogP contribution in [0.4, 0.5) is 8.78 Å². The Labute approximate surface area is 176 Å². The predicted octanol–water partition coefficient (Wildman–Crippen LogP) is 4.19. The lowest BCUT2D eigenvalue weighted by atomic mass is 9.96. The van der Waals surface area contributed by atoms with Crippen molar-refractivity contribution in [2.45, 2.75) is 49.6 Å². The Kier molecular flexibility index (Phi) is 6.88. The van der Waals surface area contributed by atoms with Gasteiger partial charge in [0.15, 0.2) is 0 Å². The highest BCUT2D eigenvalue weighted by Gasteiger charge is 2.29. The van der Waals surface area contributed by atoms with Crippen LogP contribution in [-0.4, -0.2) is 43.7 Å². The molecule has 0 atom stereocenters. The molecule has 5 nitrogen and oxygen atoms in total. The van der Waals surface area contributed by atoms with Crippen molar-refractivity contribution in [2.75, 3.05) is 14.1 Å². The Morgan fingerprint density at radius 1 is 1.03 bits per heavy atom. The van der Waals surface area contributed by atoms with Crippen LogP contribution >= 0.6 is 0 Å². The van der Waals surface area contributed by atoms with E-state index < -0.39 is 27.6 Å². The Balaban J connectivity index is 1.78. The Morgan fingerprint density at radius 3 is 2.40 bits per heavy atom. The largest absolute Gasteiger partial charge is 0.337 e. The number of halogens is 2. The average molecular weight is 437 g/mol. The van der Waals surface area contributed by atoms with E-state index in [9.17, 15) is 22.0 Å². The summed E-state index contributed by atoms with van der Waals surface area (Å²) in [7, 11) is -0.657. The van der Waals surface area contributed by atoms with Gasteiger partial charge in [0.05, 0.1) is 4.90 Å². The lowest BCUT2D eigenvalue weighted by Gasteiger charge is -2.30. The van der Waals surface area contributed by atoms with E-state index in [4.69, 9.17) is 0 Å². The SMILES string of the molecule is CN(Cc1ccc(F)cc1F)C(=O)c1cccc(S(=O)(=O)N(C)C2CCCCC2)c1. The Bertz CT molecular complexity index is 1020. The number of nitrogens with zero attached hydrogens (tertiary/aromatic N) is 2. The van der Waals surface area contributed by atoms with E-state index >= 15 is 0 Å². The van der Waals surface area contributed by atoms with E-state index in [0.717, 1.165) is 44.2 Å². The van der Waals surface area contributed by atoms with E-state index in [1.54, 1.807) is 7.05 Å². The van der Waals surface area contributed by atoms with Gasteiger partial charge in [-0.1, -0.05) is 31.4 Å². The molecule has 0 bridgehead atoms. The third-order valence-electron chi connectivity index (χ3n) is 5.62. The van der Waals surface area contributed by atoms with Crippen molar-refractivity contribution < 1.29 is 22.0 Å². The number of hydrogen-bond acceptors (Lipinski definition) is 3. The molecular formula is C22H26F2N2O3S. The lowest BCUT2D eigenvalue weighted by Crippen LogP contribution is -2.38. The molecule has 0 saturated heterocycles. The highest BCUT2D eigenvalue weighted by molar-refractivity contribution is 7.89. The zero-order valence-electron chi connectivity index (χ0n) is 17.1. The summed E-state index contributed by atoms with van der Waals surface area (Å²) < 4.78 is 54.5. The van der Waals surface area contributed by atoms with Crippen molar-refractivity contribution in [2.24, 2.45) is 0 Å². The van der Waals surface area contributed by atoms with E-state index in [2.05, 4.69) is 0 Å². The molecule has 2 aromatic carbocycles. The van der Waals surface area contributed by atoms with Crippen LogP contribution in [0.25, 0.3) is 0 Å². The molecule has 1 amide bonds. The molecule has 1 aliphatic rings. The maximum absolute atomic E-state index is 13.9. The summed E-state index contributed by atoms with van der Waals surface area (Å²) in [6.45, 7) is -0.0656. The second-order valence-corrected chi connectivity index (χ2v) is 9.74. The van der Waals surface area contributed by atoms with Gasteiger partial charge in [-0.25, -0.2) is 17.2 Å². The zero-order valence-corrected chi connectivity index (χ0v) is 18.0. The van der Waals surface area contributed by atoms with E-state index in [1.165, 1.54) is 46.6 Å². The molecule has 0 aliphatic heterocycles. The summed E-state index contributed by atoms with van der Waals surface area (Å²) in [5.41, 5.74) is 0.367.